The molecule has 1 aliphatic rings. The monoisotopic (exact) mass is 277 g/mol. The van der Waals surface area contributed by atoms with Crippen LogP contribution in [-0.4, -0.2) is 22.2 Å². The summed E-state index contributed by atoms with van der Waals surface area (Å²) in [5, 5.41) is 3.57. The SMILES string of the molecule is Cn1c(=O)n(C2CCCNC2)c(=O)c2ccc(F)cc21. The maximum atomic E-state index is 13.3. The lowest BCUT2D eigenvalue weighted by Crippen LogP contribution is -2.46. The van der Waals surface area contributed by atoms with Crippen LogP contribution in [0.4, 0.5) is 4.39 Å². The first-order valence-corrected chi connectivity index (χ1v) is 6.71. The second-order valence-corrected chi connectivity index (χ2v) is 5.18. The number of nitrogens with zero attached hydrogens (tertiary/aromatic N) is 2. The van der Waals surface area contributed by atoms with Crippen molar-refractivity contribution in [3.63, 3.8) is 0 Å². The Morgan fingerprint density at radius 1 is 1.35 bits per heavy atom. The summed E-state index contributed by atoms with van der Waals surface area (Å²) >= 11 is 0. The molecule has 0 spiro atoms. The fourth-order valence-electron chi connectivity index (χ4n) is 2.82. The Bertz CT molecular complexity index is 772. The van der Waals surface area contributed by atoms with Crippen molar-refractivity contribution in [2.45, 2.75) is 18.9 Å². The minimum Gasteiger partial charge on any atom is -0.315 e. The van der Waals surface area contributed by atoms with E-state index in [9.17, 15) is 14.0 Å². The third kappa shape index (κ3) is 1.96. The summed E-state index contributed by atoms with van der Waals surface area (Å²) in [6, 6.07) is 3.78. The summed E-state index contributed by atoms with van der Waals surface area (Å²) < 4.78 is 15.9. The van der Waals surface area contributed by atoms with Crippen LogP contribution >= 0.6 is 0 Å². The van der Waals surface area contributed by atoms with Gasteiger partial charge < -0.3 is 5.32 Å². The molecule has 0 aliphatic carbocycles. The van der Waals surface area contributed by atoms with Crippen molar-refractivity contribution in [3.8, 4) is 0 Å². The maximum Gasteiger partial charge on any atom is 0.331 e. The number of halogens is 1. The van der Waals surface area contributed by atoms with Gasteiger partial charge in [0, 0.05) is 13.6 Å². The van der Waals surface area contributed by atoms with Gasteiger partial charge in [-0.05, 0) is 37.6 Å². The van der Waals surface area contributed by atoms with Crippen molar-refractivity contribution in [2.24, 2.45) is 7.05 Å². The molecule has 1 aromatic heterocycles. The van der Waals surface area contributed by atoms with Crippen LogP contribution in [0.2, 0.25) is 0 Å². The molecule has 2 aromatic rings. The lowest BCUT2D eigenvalue weighted by atomic mass is 10.1. The Balaban J connectivity index is 2.30. The van der Waals surface area contributed by atoms with E-state index in [1.165, 1.54) is 27.3 Å². The average molecular weight is 277 g/mol. The summed E-state index contributed by atoms with van der Waals surface area (Å²) in [5.41, 5.74) is -0.390. The highest BCUT2D eigenvalue weighted by Gasteiger charge is 2.21. The summed E-state index contributed by atoms with van der Waals surface area (Å²) in [7, 11) is 1.57. The molecular weight excluding hydrogens is 261 g/mol. The van der Waals surface area contributed by atoms with Crippen molar-refractivity contribution >= 4 is 10.9 Å². The van der Waals surface area contributed by atoms with E-state index in [-0.39, 0.29) is 17.3 Å². The highest BCUT2D eigenvalue weighted by atomic mass is 19.1. The zero-order valence-corrected chi connectivity index (χ0v) is 11.2. The molecule has 0 bridgehead atoms. The first kappa shape index (κ1) is 13.1. The van der Waals surface area contributed by atoms with Gasteiger partial charge in [0.05, 0.1) is 16.9 Å². The number of nitrogens with one attached hydrogen (secondary N) is 1. The highest BCUT2D eigenvalue weighted by molar-refractivity contribution is 5.77. The van der Waals surface area contributed by atoms with Gasteiger partial charge in [0.15, 0.2) is 0 Å². The van der Waals surface area contributed by atoms with Crippen molar-refractivity contribution in [1.29, 1.82) is 0 Å². The molecule has 0 saturated carbocycles. The molecule has 106 valence electrons. The maximum absolute atomic E-state index is 13.3. The predicted octanol–water partition coefficient (Wildman–Crippen LogP) is 0.764. The molecule has 1 fully saturated rings. The number of aromatic nitrogens is 2. The van der Waals surface area contributed by atoms with Crippen LogP contribution in [0.1, 0.15) is 18.9 Å². The third-order valence-electron chi connectivity index (χ3n) is 3.90. The lowest BCUT2D eigenvalue weighted by Gasteiger charge is -2.25. The molecule has 6 heteroatoms. The van der Waals surface area contributed by atoms with Gasteiger partial charge in [-0.3, -0.25) is 13.9 Å². The molecule has 1 aromatic carbocycles. The highest BCUT2D eigenvalue weighted by Crippen LogP contribution is 2.15. The fourth-order valence-corrected chi connectivity index (χ4v) is 2.82. The van der Waals surface area contributed by atoms with E-state index in [0.717, 1.165) is 19.4 Å². The summed E-state index contributed by atoms with van der Waals surface area (Å²) in [5.74, 6) is -0.455. The van der Waals surface area contributed by atoms with Crippen LogP contribution < -0.4 is 16.6 Å². The number of aryl methyl sites for hydroxylation is 1. The standard InChI is InChI=1S/C14H16FN3O2/c1-17-12-7-9(15)4-5-11(12)13(19)18(14(17)20)10-3-2-6-16-8-10/h4-5,7,10,16H,2-3,6,8H2,1H3. The predicted molar refractivity (Wildman–Crippen MR) is 74.5 cm³/mol. The average Bonchev–Trinajstić information content (AvgIpc) is 2.46. The fraction of sp³-hybridized carbons (Fsp3) is 0.429. The molecule has 1 unspecified atom stereocenters. The van der Waals surface area contributed by atoms with E-state index in [4.69, 9.17) is 0 Å². The van der Waals surface area contributed by atoms with Crippen LogP contribution in [0.15, 0.2) is 27.8 Å². The minimum absolute atomic E-state index is 0.135. The topological polar surface area (TPSA) is 56.0 Å². The number of piperidine rings is 1. The first-order chi connectivity index (χ1) is 9.59. The molecule has 5 nitrogen and oxygen atoms in total. The normalized spacial score (nSPS) is 19.4. The molecule has 1 atom stereocenters. The van der Waals surface area contributed by atoms with Crippen LogP contribution in [0.5, 0.6) is 0 Å². The third-order valence-corrected chi connectivity index (χ3v) is 3.90. The van der Waals surface area contributed by atoms with E-state index >= 15 is 0 Å². The Morgan fingerprint density at radius 3 is 2.85 bits per heavy atom. The second-order valence-electron chi connectivity index (χ2n) is 5.18. The molecule has 2 heterocycles. The molecule has 20 heavy (non-hydrogen) atoms. The number of rotatable bonds is 1. The summed E-state index contributed by atoms with van der Waals surface area (Å²) in [6.07, 6.45) is 1.73. The molecule has 3 rings (SSSR count). The number of hydrogen-bond donors (Lipinski definition) is 1. The van der Waals surface area contributed by atoms with Gasteiger partial charge in [0.2, 0.25) is 0 Å². The van der Waals surface area contributed by atoms with E-state index < -0.39 is 5.82 Å². The summed E-state index contributed by atoms with van der Waals surface area (Å²) in [6.45, 7) is 1.52. The van der Waals surface area contributed by atoms with Gasteiger partial charge in [-0.1, -0.05) is 0 Å². The van der Waals surface area contributed by atoms with Gasteiger partial charge >= 0.3 is 5.69 Å². The van der Waals surface area contributed by atoms with Crippen molar-refractivity contribution in [2.75, 3.05) is 13.1 Å². The van der Waals surface area contributed by atoms with Crippen molar-refractivity contribution < 1.29 is 4.39 Å². The molecule has 1 saturated heterocycles. The molecular formula is C14H16FN3O2. The Morgan fingerprint density at radius 2 is 2.15 bits per heavy atom. The van der Waals surface area contributed by atoms with E-state index in [2.05, 4.69) is 5.32 Å². The number of hydrogen-bond acceptors (Lipinski definition) is 3. The van der Waals surface area contributed by atoms with Crippen molar-refractivity contribution in [1.82, 2.24) is 14.5 Å². The molecule has 0 amide bonds. The largest absolute Gasteiger partial charge is 0.331 e. The Hall–Kier alpha value is -1.95. The lowest BCUT2D eigenvalue weighted by molar-refractivity contribution is 0.351. The van der Waals surface area contributed by atoms with E-state index in [1.54, 1.807) is 7.05 Å². The summed E-state index contributed by atoms with van der Waals surface area (Å²) in [4.78, 5) is 24.9. The number of fused-ring (bicyclic) bond motifs is 1. The van der Waals surface area contributed by atoms with Gasteiger partial charge in [-0.15, -0.1) is 0 Å². The zero-order chi connectivity index (χ0) is 14.3. The van der Waals surface area contributed by atoms with E-state index in [0.29, 0.717) is 17.4 Å². The first-order valence-electron chi connectivity index (χ1n) is 6.71. The molecule has 1 N–H and O–H groups in total. The van der Waals surface area contributed by atoms with Crippen LogP contribution in [-0.2, 0) is 7.05 Å². The van der Waals surface area contributed by atoms with E-state index in [1.807, 2.05) is 0 Å². The van der Waals surface area contributed by atoms with Gasteiger partial charge in [-0.25, -0.2) is 9.18 Å². The second kappa shape index (κ2) is 4.86. The van der Waals surface area contributed by atoms with Crippen LogP contribution in [0.25, 0.3) is 10.9 Å². The molecule has 0 radical (unpaired) electrons. The zero-order valence-electron chi connectivity index (χ0n) is 11.2. The minimum atomic E-state index is -0.455. The van der Waals surface area contributed by atoms with Gasteiger partial charge in [0.25, 0.3) is 5.56 Å². The molecule has 1 aliphatic heterocycles. The van der Waals surface area contributed by atoms with Crippen LogP contribution in [0.3, 0.4) is 0 Å². The Kier molecular flexibility index (Phi) is 3.17. The Labute approximate surface area is 114 Å². The quantitative estimate of drug-likeness (QED) is 0.837. The van der Waals surface area contributed by atoms with Gasteiger partial charge in [-0.2, -0.15) is 0 Å². The smallest absolute Gasteiger partial charge is 0.315 e. The van der Waals surface area contributed by atoms with Crippen LogP contribution in [0, 0.1) is 5.82 Å². The van der Waals surface area contributed by atoms with Crippen molar-refractivity contribution in [3.05, 3.63) is 44.9 Å². The number of benzene rings is 1. The van der Waals surface area contributed by atoms with Gasteiger partial charge in [0.1, 0.15) is 5.82 Å².